The summed E-state index contributed by atoms with van der Waals surface area (Å²) in [6.07, 6.45) is 0. The first-order valence-corrected chi connectivity index (χ1v) is 5.91. The normalized spacial score (nSPS) is 17.7. The lowest BCUT2D eigenvalue weighted by molar-refractivity contribution is -0.488. The molecule has 1 aromatic rings. The van der Waals surface area contributed by atoms with Crippen molar-refractivity contribution in [2.75, 3.05) is 6.61 Å². The van der Waals surface area contributed by atoms with E-state index in [9.17, 15) is 19.7 Å². The van der Waals surface area contributed by atoms with Gasteiger partial charge in [-0.3, -0.25) is 19.7 Å². The van der Waals surface area contributed by atoms with Gasteiger partial charge >= 0.3 is 6.04 Å². The van der Waals surface area contributed by atoms with Crippen LogP contribution in [0.3, 0.4) is 0 Å². The van der Waals surface area contributed by atoms with E-state index >= 15 is 0 Å². The maximum absolute atomic E-state index is 12.0. The SMILES string of the molecule is CC(C)COc1cccc2c1C(=O)[C@@H]([N+](=O)[O-])C2=O. The first-order valence-electron chi connectivity index (χ1n) is 5.91. The molecule has 0 fully saturated rings. The van der Waals surface area contributed by atoms with Crippen molar-refractivity contribution in [1.82, 2.24) is 0 Å². The Hall–Kier alpha value is -2.24. The topological polar surface area (TPSA) is 86.5 Å². The molecule has 0 aromatic heterocycles. The van der Waals surface area contributed by atoms with Crippen molar-refractivity contribution in [3.8, 4) is 5.75 Å². The first kappa shape index (κ1) is 13.2. The molecule has 0 saturated carbocycles. The summed E-state index contributed by atoms with van der Waals surface area (Å²) in [7, 11) is 0. The second kappa shape index (κ2) is 4.79. The molecule has 1 atom stereocenters. The number of hydrogen-bond donors (Lipinski definition) is 0. The zero-order chi connectivity index (χ0) is 14.2. The molecule has 0 heterocycles. The highest BCUT2D eigenvalue weighted by atomic mass is 16.6. The molecule has 0 bridgehead atoms. The van der Waals surface area contributed by atoms with Crippen molar-refractivity contribution in [3.63, 3.8) is 0 Å². The molecule has 100 valence electrons. The molecule has 6 heteroatoms. The number of rotatable bonds is 4. The number of benzene rings is 1. The maximum Gasteiger partial charge on any atom is 0.336 e. The summed E-state index contributed by atoms with van der Waals surface area (Å²) in [5.41, 5.74) is 0.114. The number of nitrogens with zero attached hydrogens (tertiary/aromatic N) is 1. The third kappa shape index (κ3) is 2.21. The number of ketones is 2. The number of Topliss-reactive ketones (excluding diaryl/α,β-unsaturated/α-hetero) is 2. The Morgan fingerprint density at radius 2 is 2.00 bits per heavy atom. The molecule has 0 spiro atoms. The van der Waals surface area contributed by atoms with E-state index in [1.54, 1.807) is 12.1 Å². The number of ether oxygens (including phenoxy) is 1. The van der Waals surface area contributed by atoms with Crippen molar-refractivity contribution in [2.24, 2.45) is 5.92 Å². The van der Waals surface area contributed by atoms with Crippen molar-refractivity contribution in [3.05, 3.63) is 39.4 Å². The Labute approximate surface area is 109 Å². The van der Waals surface area contributed by atoms with Gasteiger partial charge in [0.1, 0.15) is 5.75 Å². The highest BCUT2D eigenvalue weighted by Gasteiger charge is 2.49. The Bertz CT molecular complexity index is 564. The fraction of sp³-hybridized carbons (Fsp3) is 0.385. The quantitative estimate of drug-likeness (QED) is 0.469. The minimum atomic E-state index is -1.82. The van der Waals surface area contributed by atoms with E-state index in [1.807, 2.05) is 13.8 Å². The number of hydrogen-bond acceptors (Lipinski definition) is 5. The van der Waals surface area contributed by atoms with Crippen LogP contribution in [0, 0.1) is 16.0 Å². The Morgan fingerprint density at radius 3 is 2.58 bits per heavy atom. The van der Waals surface area contributed by atoms with Crippen LogP contribution in [-0.2, 0) is 0 Å². The van der Waals surface area contributed by atoms with Gasteiger partial charge in [0.25, 0.3) is 0 Å². The van der Waals surface area contributed by atoms with Crippen LogP contribution >= 0.6 is 0 Å². The van der Waals surface area contributed by atoms with Crippen molar-refractivity contribution >= 4 is 11.6 Å². The summed E-state index contributed by atoms with van der Waals surface area (Å²) in [5.74, 6) is -1.06. The Kier molecular flexibility index (Phi) is 3.33. The van der Waals surface area contributed by atoms with Crippen LogP contribution in [0.15, 0.2) is 18.2 Å². The lowest BCUT2D eigenvalue weighted by Crippen LogP contribution is -2.31. The van der Waals surface area contributed by atoms with Crippen molar-refractivity contribution in [2.45, 2.75) is 19.9 Å². The summed E-state index contributed by atoms with van der Waals surface area (Å²) in [4.78, 5) is 33.7. The predicted molar refractivity (Wildman–Crippen MR) is 66.2 cm³/mol. The number of nitro groups is 1. The smallest absolute Gasteiger partial charge is 0.336 e. The summed E-state index contributed by atoms with van der Waals surface area (Å²) in [5, 5.41) is 10.8. The minimum Gasteiger partial charge on any atom is -0.493 e. The Morgan fingerprint density at radius 1 is 1.32 bits per heavy atom. The molecule has 6 nitrogen and oxygen atoms in total. The van der Waals surface area contributed by atoms with Gasteiger partial charge < -0.3 is 4.74 Å². The molecular weight excluding hydrogens is 250 g/mol. The van der Waals surface area contributed by atoms with E-state index in [-0.39, 0.29) is 22.8 Å². The van der Waals surface area contributed by atoms with Crippen LogP contribution in [0.5, 0.6) is 5.75 Å². The molecule has 2 rings (SSSR count). The van der Waals surface area contributed by atoms with Gasteiger partial charge in [-0.2, -0.15) is 0 Å². The molecule has 0 aliphatic heterocycles. The molecule has 0 unspecified atom stereocenters. The van der Waals surface area contributed by atoms with E-state index in [0.717, 1.165) is 0 Å². The molecule has 19 heavy (non-hydrogen) atoms. The monoisotopic (exact) mass is 263 g/mol. The molecule has 1 aromatic carbocycles. The molecule has 0 saturated heterocycles. The van der Waals surface area contributed by atoms with Gasteiger partial charge in [-0.1, -0.05) is 26.0 Å². The molecule has 0 radical (unpaired) electrons. The van der Waals surface area contributed by atoms with Crippen LogP contribution in [-0.4, -0.2) is 29.1 Å². The largest absolute Gasteiger partial charge is 0.493 e. The summed E-state index contributed by atoms with van der Waals surface area (Å²) >= 11 is 0. The zero-order valence-electron chi connectivity index (χ0n) is 10.6. The highest BCUT2D eigenvalue weighted by molar-refractivity contribution is 6.29. The number of carbonyl (C=O) groups excluding carboxylic acids is 2. The van der Waals surface area contributed by atoms with Gasteiger partial charge in [0.15, 0.2) is 0 Å². The van der Waals surface area contributed by atoms with Gasteiger partial charge in [-0.05, 0) is 12.0 Å². The van der Waals surface area contributed by atoms with Gasteiger partial charge in [-0.15, -0.1) is 0 Å². The van der Waals surface area contributed by atoms with Crippen LogP contribution < -0.4 is 4.74 Å². The third-order valence-electron chi connectivity index (χ3n) is 2.82. The molecule has 0 amide bonds. The lowest BCUT2D eigenvalue weighted by Gasteiger charge is -2.10. The molecule has 1 aliphatic carbocycles. The van der Waals surface area contributed by atoms with E-state index < -0.39 is 22.5 Å². The van der Waals surface area contributed by atoms with Gasteiger partial charge in [-0.25, -0.2) is 0 Å². The minimum absolute atomic E-state index is 0.0369. The Balaban J connectivity index is 2.42. The number of carbonyl (C=O) groups is 2. The van der Waals surface area contributed by atoms with E-state index in [2.05, 4.69) is 0 Å². The van der Waals surface area contributed by atoms with Gasteiger partial charge in [0, 0.05) is 10.5 Å². The van der Waals surface area contributed by atoms with Crippen LogP contribution in [0.1, 0.15) is 34.6 Å². The van der Waals surface area contributed by atoms with E-state index in [1.165, 1.54) is 6.07 Å². The fourth-order valence-corrected chi connectivity index (χ4v) is 1.96. The van der Waals surface area contributed by atoms with E-state index in [0.29, 0.717) is 6.61 Å². The van der Waals surface area contributed by atoms with Gasteiger partial charge in [0.05, 0.1) is 12.2 Å². The second-order valence-corrected chi connectivity index (χ2v) is 4.80. The number of fused-ring (bicyclic) bond motifs is 1. The lowest BCUT2D eigenvalue weighted by atomic mass is 10.1. The predicted octanol–water partition coefficient (Wildman–Crippen LogP) is 1.75. The fourth-order valence-electron chi connectivity index (χ4n) is 1.96. The van der Waals surface area contributed by atoms with Crippen LogP contribution in [0.4, 0.5) is 0 Å². The van der Waals surface area contributed by atoms with Crippen LogP contribution in [0.25, 0.3) is 0 Å². The molecule has 1 aliphatic rings. The second-order valence-electron chi connectivity index (χ2n) is 4.80. The standard InChI is InChI=1S/C13H13NO5/c1-7(2)6-19-9-5-3-4-8-10(9)13(16)11(12(8)15)14(17)18/h3-5,7,11H,6H2,1-2H3/t11-/m0/s1. The summed E-state index contributed by atoms with van der Waals surface area (Å²) in [6.45, 7) is 4.26. The summed E-state index contributed by atoms with van der Waals surface area (Å²) in [6, 6.07) is 2.71. The highest BCUT2D eigenvalue weighted by Crippen LogP contribution is 2.32. The maximum atomic E-state index is 12.0. The summed E-state index contributed by atoms with van der Waals surface area (Å²) < 4.78 is 5.46. The van der Waals surface area contributed by atoms with E-state index in [4.69, 9.17) is 4.74 Å². The van der Waals surface area contributed by atoms with Crippen molar-refractivity contribution < 1.29 is 19.2 Å². The van der Waals surface area contributed by atoms with Crippen LogP contribution in [0.2, 0.25) is 0 Å². The average Bonchev–Trinajstić information content (AvgIpc) is 2.60. The zero-order valence-corrected chi connectivity index (χ0v) is 10.6. The molecular formula is C13H13NO5. The van der Waals surface area contributed by atoms with Gasteiger partial charge in [0.2, 0.25) is 11.6 Å². The third-order valence-corrected chi connectivity index (χ3v) is 2.82. The van der Waals surface area contributed by atoms with Crippen molar-refractivity contribution in [1.29, 1.82) is 0 Å². The molecule has 0 N–H and O–H groups in total. The first-order chi connectivity index (χ1) is 8.93. The average molecular weight is 263 g/mol.